The van der Waals surface area contributed by atoms with E-state index in [0.29, 0.717) is 18.1 Å². The van der Waals surface area contributed by atoms with Crippen molar-refractivity contribution in [3.8, 4) is 17.6 Å². The van der Waals surface area contributed by atoms with E-state index in [-0.39, 0.29) is 0 Å². The molecule has 1 heterocycles. The Bertz CT molecular complexity index is 971. The Morgan fingerprint density at radius 2 is 1.92 bits per heavy atom. The largest absolute Gasteiger partial charge is 0.493 e. The minimum atomic E-state index is 0.540. The molecule has 4 heteroatoms. The van der Waals surface area contributed by atoms with Crippen molar-refractivity contribution in [1.82, 2.24) is 4.98 Å². The Morgan fingerprint density at radius 1 is 1.12 bits per heavy atom. The van der Waals surface area contributed by atoms with Crippen molar-refractivity contribution in [2.75, 3.05) is 13.7 Å². The summed E-state index contributed by atoms with van der Waals surface area (Å²) < 4.78 is 11.0. The summed E-state index contributed by atoms with van der Waals surface area (Å²) in [4.78, 5) is 4.34. The lowest BCUT2D eigenvalue weighted by Crippen LogP contribution is -1.97. The Morgan fingerprint density at radius 3 is 2.68 bits per heavy atom. The van der Waals surface area contributed by atoms with Crippen molar-refractivity contribution in [2.24, 2.45) is 0 Å². The highest BCUT2D eigenvalue weighted by atomic mass is 16.5. The van der Waals surface area contributed by atoms with E-state index in [4.69, 9.17) is 9.47 Å². The van der Waals surface area contributed by atoms with Gasteiger partial charge in [-0.25, -0.2) is 0 Å². The number of hydrogen-bond donors (Lipinski definition) is 0. The number of aromatic nitrogens is 1. The molecule has 0 N–H and O–H groups in total. The van der Waals surface area contributed by atoms with Gasteiger partial charge in [-0.2, -0.15) is 5.26 Å². The first-order chi connectivity index (χ1) is 12.3. The predicted octanol–water partition coefficient (Wildman–Crippen LogP) is 4.60. The zero-order valence-corrected chi connectivity index (χ0v) is 14.2. The van der Waals surface area contributed by atoms with E-state index < -0.39 is 0 Å². The summed E-state index contributed by atoms with van der Waals surface area (Å²) in [7, 11) is 1.61. The van der Waals surface area contributed by atoms with Crippen molar-refractivity contribution in [3.05, 3.63) is 71.9 Å². The number of nitrogens with zero attached hydrogens (tertiary/aromatic N) is 2. The molecule has 0 saturated carbocycles. The summed E-state index contributed by atoms with van der Waals surface area (Å²) in [5.74, 6) is 1.33. The first-order valence-electron chi connectivity index (χ1n) is 8.03. The molecule has 0 bridgehead atoms. The Labute approximate surface area is 147 Å². The summed E-state index contributed by atoms with van der Waals surface area (Å²) in [6.45, 7) is 2.47. The fraction of sp³-hybridized carbons (Fsp3) is 0.143. The zero-order chi connectivity index (χ0) is 17.6. The maximum atomic E-state index is 9.25. The molecule has 0 aliphatic carbocycles. The van der Waals surface area contributed by atoms with Crippen LogP contribution < -0.4 is 9.47 Å². The molecule has 0 fully saturated rings. The number of rotatable bonds is 5. The SMILES string of the molecule is CCOc1cc(/C(=C/C#N)c2ccc3ncccc3c2)ccc1OC. The van der Waals surface area contributed by atoms with E-state index in [9.17, 15) is 5.26 Å². The third kappa shape index (κ3) is 3.46. The van der Waals surface area contributed by atoms with E-state index >= 15 is 0 Å². The number of pyridine rings is 1. The summed E-state index contributed by atoms with van der Waals surface area (Å²) in [6, 6.07) is 17.7. The quantitative estimate of drug-likeness (QED) is 0.642. The second-order valence-corrected chi connectivity index (χ2v) is 5.40. The summed E-state index contributed by atoms with van der Waals surface area (Å²) >= 11 is 0. The molecule has 0 aliphatic heterocycles. The molecule has 4 nitrogen and oxygen atoms in total. The minimum absolute atomic E-state index is 0.540. The molecule has 0 amide bonds. The van der Waals surface area contributed by atoms with Gasteiger partial charge in [0.05, 0.1) is 25.3 Å². The number of ether oxygens (including phenoxy) is 2. The van der Waals surface area contributed by atoms with Crippen LogP contribution in [0.4, 0.5) is 0 Å². The molecule has 25 heavy (non-hydrogen) atoms. The van der Waals surface area contributed by atoms with Gasteiger partial charge < -0.3 is 9.47 Å². The smallest absolute Gasteiger partial charge is 0.161 e. The highest BCUT2D eigenvalue weighted by Gasteiger charge is 2.11. The predicted molar refractivity (Wildman–Crippen MR) is 98.6 cm³/mol. The molecule has 0 saturated heterocycles. The Kier molecular flexibility index (Phi) is 4.96. The van der Waals surface area contributed by atoms with Crippen LogP contribution in [0, 0.1) is 11.3 Å². The summed E-state index contributed by atoms with van der Waals surface area (Å²) in [6.07, 6.45) is 3.32. The second-order valence-electron chi connectivity index (χ2n) is 5.40. The minimum Gasteiger partial charge on any atom is -0.493 e. The molecular weight excluding hydrogens is 312 g/mol. The number of allylic oxidation sites excluding steroid dienone is 1. The highest BCUT2D eigenvalue weighted by Crippen LogP contribution is 2.33. The summed E-state index contributed by atoms with van der Waals surface area (Å²) in [5.41, 5.74) is 3.60. The Hall–Kier alpha value is -3.32. The molecule has 0 unspecified atom stereocenters. The van der Waals surface area contributed by atoms with E-state index in [1.54, 1.807) is 19.4 Å². The first-order valence-corrected chi connectivity index (χ1v) is 8.03. The average molecular weight is 330 g/mol. The number of methoxy groups -OCH3 is 1. The van der Waals surface area contributed by atoms with Gasteiger partial charge in [-0.1, -0.05) is 18.2 Å². The van der Waals surface area contributed by atoms with Gasteiger partial charge in [0.15, 0.2) is 11.5 Å². The molecule has 3 aromatic rings. The Balaban J connectivity index is 2.11. The van der Waals surface area contributed by atoms with Crippen molar-refractivity contribution < 1.29 is 9.47 Å². The van der Waals surface area contributed by atoms with E-state index in [1.807, 2.05) is 55.5 Å². The van der Waals surface area contributed by atoms with Crippen LogP contribution in [0.5, 0.6) is 11.5 Å². The topological polar surface area (TPSA) is 55.1 Å². The van der Waals surface area contributed by atoms with Gasteiger partial charge in [0.2, 0.25) is 0 Å². The van der Waals surface area contributed by atoms with Gasteiger partial charge in [-0.3, -0.25) is 4.98 Å². The van der Waals surface area contributed by atoms with Crippen LogP contribution in [0.15, 0.2) is 60.8 Å². The number of benzene rings is 2. The summed E-state index contributed by atoms with van der Waals surface area (Å²) in [5, 5.41) is 10.3. The molecule has 124 valence electrons. The first kappa shape index (κ1) is 16.5. The van der Waals surface area contributed by atoms with Crippen LogP contribution in [0.3, 0.4) is 0 Å². The van der Waals surface area contributed by atoms with Crippen molar-refractivity contribution in [1.29, 1.82) is 5.26 Å². The van der Waals surface area contributed by atoms with Crippen LogP contribution in [0.1, 0.15) is 18.1 Å². The lowest BCUT2D eigenvalue weighted by molar-refractivity contribution is 0.311. The average Bonchev–Trinajstić information content (AvgIpc) is 2.66. The van der Waals surface area contributed by atoms with Gasteiger partial charge >= 0.3 is 0 Å². The number of nitriles is 1. The molecule has 0 radical (unpaired) electrons. The molecule has 0 atom stereocenters. The van der Waals surface area contributed by atoms with Gasteiger partial charge in [0.1, 0.15) is 0 Å². The highest BCUT2D eigenvalue weighted by molar-refractivity contribution is 5.88. The third-order valence-corrected chi connectivity index (χ3v) is 3.90. The van der Waals surface area contributed by atoms with Crippen molar-refractivity contribution >= 4 is 16.5 Å². The van der Waals surface area contributed by atoms with Crippen molar-refractivity contribution in [2.45, 2.75) is 6.92 Å². The standard InChI is InChI=1S/C21H18N2O2/c1-3-25-21-14-16(7-9-20(21)24-2)18(10-11-22)15-6-8-19-17(13-15)5-4-12-23-19/h4-10,12-14H,3H2,1-2H3/b18-10+. The lowest BCUT2D eigenvalue weighted by Gasteiger charge is -2.13. The molecule has 3 rings (SSSR count). The molecule has 1 aromatic heterocycles. The van der Waals surface area contributed by atoms with Crippen LogP contribution >= 0.6 is 0 Å². The van der Waals surface area contributed by atoms with Gasteiger partial charge in [0, 0.05) is 17.7 Å². The van der Waals surface area contributed by atoms with Crippen LogP contribution in [-0.4, -0.2) is 18.7 Å². The van der Waals surface area contributed by atoms with Gasteiger partial charge in [-0.15, -0.1) is 0 Å². The normalized spacial score (nSPS) is 11.2. The third-order valence-electron chi connectivity index (χ3n) is 3.90. The van der Waals surface area contributed by atoms with Gasteiger partial charge in [-0.05, 0) is 54.0 Å². The monoisotopic (exact) mass is 330 g/mol. The molecular formula is C21H18N2O2. The van der Waals surface area contributed by atoms with E-state index in [1.165, 1.54) is 0 Å². The van der Waals surface area contributed by atoms with Crippen molar-refractivity contribution in [3.63, 3.8) is 0 Å². The zero-order valence-electron chi connectivity index (χ0n) is 14.2. The van der Waals surface area contributed by atoms with Crippen LogP contribution in [0.2, 0.25) is 0 Å². The second kappa shape index (κ2) is 7.50. The van der Waals surface area contributed by atoms with Crippen LogP contribution in [-0.2, 0) is 0 Å². The number of fused-ring (bicyclic) bond motifs is 1. The fourth-order valence-corrected chi connectivity index (χ4v) is 2.75. The fourth-order valence-electron chi connectivity index (χ4n) is 2.75. The number of hydrogen-bond acceptors (Lipinski definition) is 4. The molecule has 2 aromatic carbocycles. The maximum Gasteiger partial charge on any atom is 0.161 e. The molecule has 0 aliphatic rings. The lowest BCUT2D eigenvalue weighted by atomic mass is 9.96. The van der Waals surface area contributed by atoms with Crippen LogP contribution in [0.25, 0.3) is 16.5 Å². The molecule has 0 spiro atoms. The van der Waals surface area contributed by atoms with Gasteiger partial charge in [0.25, 0.3) is 0 Å². The van der Waals surface area contributed by atoms with E-state index in [0.717, 1.165) is 27.6 Å². The maximum absolute atomic E-state index is 9.25. The van der Waals surface area contributed by atoms with E-state index in [2.05, 4.69) is 11.1 Å².